The second kappa shape index (κ2) is 4.99. The van der Waals surface area contributed by atoms with E-state index in [1.807, 2.05) is 0 Å². The van der Waals surface area contributed by atoms with E-state index >= 15 is 0 Å². The number of aromatic nitrogens is 1. The first kappa shape index (κ1) is 13.5. The zero-order valence-corrected chi connectivity index (χ0v) is 11.4. The molecule has 2 rings (SSSR count). The molecule has 19 heavy (non-hydrogen) atoms. The lowest BCUT2D eigenvalue weighted by Crippen LogP contribution is -2.14. The quantitative estimate of drug-likeness (QED) is 0.845. The van der Waals surface area contributed by atoms with Crippen molar-refractivity contribution in [2.24, 2.45) is 5.73 Å². The molecule has 0 amide bonds. The highest BCUT2D eigenvalue weighted by molar-refractivity contribution is 7.90. The summed E-state index contributed by atoms with van der Waals surface area (Å²) in [6.07, 6.45) is 2.76. The Hall–Kier alpha value is -1.92. The van der Waals surface area contributed by atoms with E-state index < -0.39 is 10.0 Å². The van der Waals surface area contributed by atoms with E-state index in [0.717, 1.165) is 3.97 Å². The molecule has 0 saturated carbocycles. The highest BCUT2D eigenvalue weighted by Crippen LogP contribution is 2.23. The van der Waals surface area contributed by atoms with Crippen molar-refractivity contribution in [3.05, 3.63) is 53.3 Å². The van der Waals surface area contributed by atoms with Gasteiger partial charge in [-0.2, -0.15) is 0 Å². The van der Waals surface area contributed by atoms with E-state index in [1.165, 1.54) is 30.5 Å². The van der Waals surface area contributed by atoms with Crippen molar-refractivity contribution in [1.82, 2.24) is 3.97 Å². The largest absolute Gasteiger partial charge is 0.389 e. The lowest BCUT2D eigenvalue weighted by atomic mass is 10.3. The van der Waals surface area contributed by atoms with Crippen LogP contribution < -0.4 is 11.5 Å². The first-order chi connectivity index (χ1) is 8.93. The fraction of sp³-hybridized carbons (Fsp3) is 0. The number of rotatable bonds is 3. The molecule has 0 fully saturated rings. The minimum Gasteiger partial charge on any atom is -0.389 e. The molecule has 1 aromatic carbocycles. The number of nitrogen functional groups attached to an aromatic ring is 1. The third kappa shape index (κ3) is 2.59. The van der Waals surface area contributed by atoms with Gasteiger partial charge >= 0.3 is 0 Å². The number of anilines is 1. The summed E-state index contributed by atoms with van der Waals surface area (Å²) < 4.78 is 25.7. The molecule has 2 aromatic rings. The summed E-state index contributed by atoms with van der Waals surface area (Å²) >= 11 is 5.55. The Labute approximate surface area is 116 Å². The average molecular weight is 298 g/mol. The van der Waals surface area contributed by atoms with Crippen LogP contribution in [-0.4, -0.2) is 12.4 Å². The highest BCUT2D eigenvalue weighted by atomic mass is 35.5. The van der Waals surface area contributed by atoms with Crippen LogP contribution in [0.3, 0.4) is 0 Å². The second-order valence-electron chi connectivity index (χ2n) is 3.80. The van der Waals surface area contributed by atoms with Crippen LogP contribution in [0.2, 0.25) is 0 Å². The van der Waals surface area contributed by atoms with E-state index in [0.29, 0.717) is 5.56 Å². The lowest BCUT2D eigenvalue weighted by Gasteiger charge is -2.08. The molecule has 0 bridgehead atoms. The minimum atomic E-state index is -3.71. The summed E-state index contributed by atoms with van der Waals surface area (Å²) in [5.74, 6) is 0.0625. The van der Waals surface area contributed by atoms with Gasteiger partial charge in [-0.25, -0.2) is 12.4 Å². The summed E-state index contributed by atoms with van der Waals surface area (Å²) in [6.45, 7) is 0. The Bertz CT molecular complexity index is 717. The van der Waals surface area contributed by atoms with Crippen LogP contribution in [0.15, 0.2) is 52.6 Å². The van der Waals surface area contributed by atoms with Crippen LogP contribution in [0.4, 0.5) is 5.82 Å². The number of hydrogen-bond acceptors (Lipinski definition) is 4. The molecular formula is C12H12ClN3O2S. The van der Waals surface area contributed by atoms with Crippen molar-refractivity contribution >= 4 is 33.5 Å². The molecule has 7 heteroatoms. The molecule has 0 aliphatic heterocycles. The standard InChI is InChI=1S/C12H12ClN3O2S/c13-11(14)8-9-6-7-16(12(9)15)19(17,18)10-4-2-1-3-5-10/h1-8H,14-15H2/b11-8-. The molecule has 5 nitrogen and oxygen atoms in total. The fourth-order valence-electron chi connectivity index (χ4n) is 1.63. The Balaban J connectivity index is 2.55. The van der Waals surface area contributed by atoms with Gasteiger partial charge in [0.1, 0.15) is 5.82 Å². The van der Waals surface area contributed by atoms with Crippen LogP contribution in [-0.2, 0) is 10.0 Å². The van der Waals surface area contributed by atoms with Gasteiger partial charge in [0.25, 0.3) is 10.0 Å². The lowest BCUT2D eigenvalue weighted by molar-refractivity contribution is 0.588. The monoisotopic (exact) mass is 297 g/mol. The maximum atomic E-state index is 12.4. The first-order valence-electron chi connectivity index (χ1n) is 5.33. The fourth-order valence-corrected chi connectivity index (χ4v) is 3.06. The van der Waals surface area contributed by atoms with E-state index in [9.17, 15) is 8.42 Å². The van der Waals surface area contributed by atoms with Gasteiger partial charge in [-0.1, -0.05) is 29.8 Å². The summed E-state index contributed by atoms with van der Waals surface area (Å²) in [4.78, 5) is 0.159. The second-order valence-corrected chi connectivity index (χ2v) is 6.05. The van der Waals surface area contributed by atoms with Crippen molar-refractivity contribution in [2.75, 3.05) is 5.73 Å². The minimum absolute atomic E-state index is 0.0292. The highest BCUT2D eigenvalue weighted by Gasteiger charge is 2.19. The van der Waals surface area contributed by atoms with Crippen molar-refractivity contribution in [3.63, 3.8) is 0 Å². The molecule has 0 radical (unpaired) electrons. The van der Waals surface area contributed by atoms with Crippen LogP contribution in [0, 0.1) is 0 Å². The molecule has 0 unspecified atom stereocenters. The molecule has 0 atom stereocenters. The van der Waals surface area contributed by atoms with Gasteiger partial charge in [0.2, 0.25) is 0 Å². The first-order valence-corrected chi connectivity index (χ1v) is 7.15. The summed E-state index contributed by atoms with van der Waals surface area (Å²) in [7, 11) is -3.71. The topological polar surface area (TPSA) is 91.1 Å². The summed E-state index contributed by atoms with van der Waals surface area (Å²) in [5, 5.41) is 0.0292. The van der Waals surface area contributed by atoms with Gasteiger partial charge in [-0.05, 0) is 24.3 Å². The number of nitrogens with zero attached hydrogens (tertiary/aromatic N) is 1. The Morgan fingerprint density at radius 2 is 1.84 bits per heavy atom. The van der Waals surface area contributed by atoms with E-state index in [-0.39, 0.29) is 15.9 Å². The van der Waals surface area contributed by atoms with Gasteiger partial charge in [0.15, 0.2) is 0 Å². The van der Waals surface area contributed by atoms with Gasteiger partial charge in [-0.3, -0.25) is 0 Å². The predicted octanol–water partition coefficient (Wildman–Crippen LogP) is 1.80. The van der Waals surface area contributed by atoms with Crippen molar-refractivity contribution < 1.29 is 8.42 Å². The Morgan fingerprint density at radius 3 is 2.42 bits per heavy atom. The van der Waals surface area contributed by atoms with Gasteiger partial charge in [0.05, 0.1) is 10.1 Å². The third-order valence-corrected chi connectivity index (χ3v) is 4.33. The molecule has 0 aliphatic carbocycles. The molecule has 1 heterocycles. The third-order valence-electron chi connectivity index (χ3n) is 2.52. The SMILES string of the molecule is N/C(Cl)=C\c1ccn(S(=O)(=O)c2ccccc2)c1N. The molecule has 0 aliphatic rings. The molecule has 0 spiro atoms. The van der Waals surface area contributed by atoms with Crippen molar-refractivity contribution in [2.45, 2.75) is 4.90 Å². The van der Waals surface area contributed by atoms with Crippen LogP contribution in [0.5, 0.6) is 0 Å². The van der Waals surface area contributed by atoms with E-state index in [4.69, 9.17) is 23.1 Å². The van der Waals surface area contributed by atoms with Gasteiger partial charge in [0, 0.05) is 11.8 Å². The molecular weight excluding hydrogens is 286 g/mol. The summed E-state index contributed by atoms with van der Waals surface area (Å²) in [6, 6.07) is 9.56. The van der Waals surface area contributed by atoms with Crippen LogP contribution in [0.25, 0.3) is 6.08 Å². The maximum absolute atomic E-state index is 12.4. The Morgan fingerprint density at radius 1 is 1.21 bits per heavy atom. The predicted molar refractivity (Wildman–Crippen MR) is 75.9 cm³/mol. The van der Waals surface area contributed by atoms with Crippen LogP contribution in [0.1, 0.15) is 5.56 Å². The summed E-state index contributed by atoms with van der Waals surface area (Å²) in [5.41, 5.74) is 11.6. The zero-order chi connectivity index (χ0) is 14.0. The van der Waals surface area contributed by atoms with Crippen molar-refractivity contribution in [3.8, 4) is 0 Å². The molecule has 0 saturated heterocycles. The van der Waals surface area contributed by atoms with Crippen LogP contribution >= 0.6 is 11.6 Å². The zero-order valence-electron chi connectivity index (χ0n) is 9.82. The van der Waals surface area contributed by atoms with Crippen molar-refractivity contribution in [1.29, 1.82) is 0 Å². The number of nitrogens with two attached hydrogens (primary N) is 2. The molecule has 4 N–H and O–H groups in total. The average Bonchev–Trinajstić information content (AvgIpc) is 2.72. The number of hydrogen-bond donors (Lipinski definition) is 2. The molecule has 1 aromatic heterocycles. The normalized spacial score (nSPS) is 12.6. The van der Waals surface area contributed by atoms with E-state index in [2.05, 4.69) is 0 Å². The molecule has 100 valence electrons. The van der Waals surface area contributed by atoms with Gasteiger partial charge < -0.3 is 11.5 Å². The number of halogens is 1. The smallest absolute Gasteiger partial charge is 0.269 e. The maximum Gasteiger partial charge on any atom is 0.269 e. The number of benzene rings is 1. The Kier molecular flexibility index (Phi) is 3.55. The van der Waals surface area contributed by atoms with Gasteiger partial charge in [-0.15, -0.1) is 0 Å². The van der Waals surface area contributed by atoms with E-state index in [1.54, 1.807) is 18.2 Å².